The Balaban J connectivity index is 0.878. The number of piperidine rings is 1. The highest BCUT2D eigenvalue weighted by molar-refractivity contribution is 6.35. The number of halogens is 2. The van der Waals surface area contributed by atoms with Crippen molar-refractivity contribution in [2.75, 3.05) is 50.8 Å². The molecule has 0 radical (unpaired) electrons. The summed E-state index contributed by atoms with van der Waals surface area (Å²) < 4.78 is 36.7. The van der Waals surface area contributed by atoms with Crippen molar-refractivity contribution in [3.63, 3.8) is 0 Å². The molecule has 1 atom stereocenters. The Kier molecular flexibility index (Phi) is 13.2. The highest BCUT2D eigenvalue weighted by Gasteiger charge is 2.41. The predicted octanol–water partition coefficient (Wildman–Crippen LogP) is 8.71. The van der Waals surface area contributed by atoms with Gasteiger partial charge in [0.05, 0.1) is 28.5 Å². The number of ether oxygens (including phenoxy) is 3. The summed E-state index contributed by atoms with van der Waals surface area (Å²) in [5, 5.41) is 11.3. The van der Waals surface area contributed by atoms with E-state index in [-0.39, 0.29) is 43.0 Å². The first-order valence-electron chi connectivity index (χ1n) is 24.7. The van der Waals surface area contributed by atoms with Crippen LogP contribution >= 0.6 is 11.6 Å². The second-order valence-electron chi connectivity index (χ2n) is 20.0. The van der Waals surface area contributed by atoms with E-state index in [1.807, 2.05) is 82.7 Å². The molecule has 2 aromatic heterocycles. The van der Waals surface area contributed by atoms with Crippen molar-refractivity contribution in [3.8, 4) is 22.6 Å². The molecule has 3 aliphatic heterocycles. The number of rotatable bonds is 14. The van der Waals surface area contributed by atoms with Gasteiger partial charge in [0.1, 0.15) is 34.7 Å². The van der Waals surface area contributed by atoms with Crippen LogP contribution in [0, 0.1) is 19.7 Å². The van der Waals surface area contributed by atoms with Gasteiger partial charge >= 0.3 is 5.97 Å². The van der Waals surface area contributed by atoms with Gasteiger partial charge < -0.3 is 23.7 Å². The zero-order chi connectivity index (χ0) is 51.5. The number of benzene rings is 5. The maximum atomic E-state index is 14.7. The average Bonchev–Trinajstić information content (AvgIpc) is 3.93. The molecule has 4 amide bonds. The van der Waals surface area contributed by atoms with Crippen LogP contribution < -0.4 is 19.7 Å². The number of amides is 4. The minimum absolute atomic E-state index is 0.137. The summed E-state index contributed by atoms with van der Waals surface area (Å²) in [4.78, 5) is 72.3. The van der Waals surface area contributed by atoms with Crippen LogP contribution in [-0.2, 0) is 39.1 Å². The van der Waals surface area contributed by atoms with E-state index in [0.717, 1.165) is 49.8 Å². The van der Waals surface area contributed by atoms with Gasteiger partial charge in [0.15, 0.2) is 6.61 Å². The third-order valence-electron chi connectivity index (χ3n) is 14.2. The Bertz CT molecular complexity index is 3410. The van der Waals surface area contributed by atoms with Crippen LogP contribution in [0.25, 0.3) is 43.6 Å². The Morgan fingerprint density at radius 3 is 2.36 bits per heavy atom. The summed E-state index contributed by atoms with van der Waals surface area (Å²) in [6.07, 6.45) is 1.40. The summed E-state index contributed by atoms with van der Waals surface area (Å²) >= 11 is 7.21. The van der Waals surface area contributed by atoms with Gasteiger partial charge in [-0.1, -0.05) is 41.9 Å². The zero-order valence-electron chi connectivity index (χ0n) is 41.8. The van der Waals surface area contributed by atoms with Crippen LogP contribution in [-0.4, -0.2) is 111 Å². The van der Waals surface area contributed by atoms with Crippen molar-refractivity contribution >= 4 is 79.3 Å². The molecular formula is C56H57ClFN7O8. The van der Waals surface area contributed by atoms with E-state index in [1.54, 1.807) is 35.2 Å². The molecule has 0 saturated carbocycles. The molecule has 3 aliphatic rings. The van der Waals surface area contributed by atoms with Crippen molar-refractivity contribution < 1.29 is 42.6 Å². The molecule has 5 aromatic carbocycles. The van der Waals surface area contributed by atoms with E-state index >= 15 is 0 Å². The fraction of sp³-hybridized carbons (Fsp3) is 0.357. The Hall–Kier alpha value is -7.30. The van der Waals surface area contributed by atoms with E-state index < -0.39 is 23.5 Å². The van der Waals surface area contributed by atoms with Crippen LogP contribution in [0.15, 0.2) is 78.9 Å². The first-order valence-corrected chi connectivity index (χ1v) is 25.1. The summed E-state index contributed by atoms with van der Waals surface area (Å²) in [6.45, 7) is 12.7. The van der Waals surface area contributed by atoms with Crippen LogP contribution in [0.4, 0.5) is 10.1 Å². The molecule has 0 spiro atoms. The number of nitrogens with zero attached hydrogens (tertiary/aromatic N) is 6. The molecule has 15 nitrogen and oxygen atoms in total. The van der Waals surface area contributed by atoms with Crippen molar-refractivity contribution in [1.29, 1.82) is 0 Å². The quantitative estimate of drug-likeness (QED) is 0.0635. The van der Waals surface area contributed by atoms with Gasteiger partial charge in [-0.25, -0.2) is 9.18 Å². The maximum absolute atomic E-state index is 14.7. The summed E-state index contributed by atoms with van der Waals surface area (Å²) in [7, 11) is 1.90. The van der Waals surface area contributed by atoms with Gasteiger partial charge in [-0.15, -0.1) is 0 Å². The van der Waals surface area contributed by atoms with E-state index in [2.05, 4.69) is 14.8 Å². The van der Waals surface area contributed by atoms with Crippen molar-refractivity contribution in [2.24, 2.45) is 7.05 Å². The lowest BCUT2D eigenvalue weighted by molar-refractivity contribution is -0.135. The number of nitrogens with one attached hydrogen (secondary N) is 1. The highest BCUT2D eigenvalue weighted by Crippen LogP contribution is 2.45. The number of esters is 1. The molecule has 17 heteroatoms. The Labute approximate surface area is 426 Å². The first-order chi connectivity index (χ1) is 35.0. The number of carbonyl (C=O) groups is 5. The van der Waals surface area contributed by atoms with Gasteiger partial charge in [0.25, 0.3) is 11.8 Å². The molecule has 1 unspecified atom stereocenters. The van der Waals surface area contributed by atoms with E-state index in [9.17, 15) is 28.4 Å². The number of imide groups is 1. The minimum atomic E-state index is -0.814. The van der Waals surface area contributed by atoms with Crippen LogP contribution in [0.1, 0.15) is 77.8 Å². The average molecular weight is 1010 g/mol. The first kappa shape index (κ1) is 49.3. The minimum Gasteiger partial charge on any atom is -0.493 e. The molecule has 1 N–H and O–H groups in total. The lowest BCUT2D eigenvalue weighted by atomic mass is 9.98. The third-order valence-corrected chi connectivity index (χ3v) is 14.5. The van der Waals surface area contributed by atoms with Crippen LogP contribution in [0.3, 0.4) is 0 Å². The largest absolute Gasteiger partial charge is 0.493 e. The SMILES string of the molecule is Cc1nn(C)c(C)c1-c1c(Cl)ccc2c(CCCOc3cccc4cc(F)ccc34)c(C(=O)OC(C)(C)C)n(CCN3CCN(C(=O)COc4ccc5c6c(cccc46)C(=O)N5C4CCC(=O)NC4=O)CC3)c12. The molecule has 378 valence electrons. The van der Waals surface area contributed by atoms with Crippen molar-refractivity contribution in [1.82, 2.24) is 29.5 Å². The number of hydrogen-bond donors (Lipinski definition) is 1. The Morgan fingerprint density at radius 2 is 1.62 bits per heavy atom. The van der Waals surface area contributed by atoms with Crippen LogP contribution in [0.2, 0.25) is 5.02 Å². The summed E-state index contributed by atoms with van der Waals surface area (Å²) in [6, 6.07) is 22.0. The second-order valence-corrected chi connectivity index (χ2v) is 20.4. The molecule has 10 rings (SSSR count). The number of aromatic nitrogens is 3. The topological polar surface area (TPSA) is 158 Å². The van der Waals surface area contributed by atoms with Gasteiger partial charge in [0, 0.05) is 96.7 Å². The number of fused-ring (bicyclic) bond motifs is 2. The molecule has 0 aliphatic carbocycles. The molecule has 2 fully saturated rings. The number of aryl methyl sites for hydroxylation is 3. The van der Waals surface area contributed by atoms with Gasteiger partial charge in [-0.2, -0.15) is 5.10 Å². The lowest BCUT2D eigenvalue weighted by Crippen LogP contribution is -2.53. The maximum Gasteiger partial charge on any atom is 0.355 e. The van der Waals surface area contributed by atoms with Gasteiger partial charge in [-0.05, 0) is 113 Å². The zero-order valence-corrected chi connectivity index (χ0v) is 42.5. The molecular weight excluding hydrogens is 953 g/mol. The van der Waals surface area contributed by atoms with Gasteiger partial charge in [0.2, 0.25) is 11.8 Å². The second kappa shape index (κ2) is 19.6. The fourth-order valence-corrected chi connectivity index (χ4v) is 11.0. The third kappa shape index (κ3) is 9.38. The van der Waals surface area contributed by atoms with Crippen LogP contribution in [0.5, 0.6) is 11.5 Å². The molecule has 5 heterocycles. The standard InChI is InChI=1S/C56H57ClFN7O8/c1-32-48(33(2)61(6)60-32)50-41(57)18-17-38-37(13-9-29-71-44-14-7-10-34-30-35(58)15-16-36(34)44)52(55(70)73-56(3,4)5)64(51(38)50)28-25-62-23-26-63(27-24-62)47(67)31-72-45-21-19-42-49-39(45)11-8-12-40(49)54(69)65(42)43-20-22-46(66)59-53(43)68/h7-8,10-12,14-19,21,30,43H,9,13,20,22-29,31H2,1-6H3,(H,59,66,68). The normalized spacial score (nSPS) is 16.3. The molecule has 7 aromatic rings. The van der Waals surface area contributed by atoms with Gasteiger partial charge in [-0.3, -0.25) is 39.0 Å². The molecule has 2 saturated heterocycles. The fourth-order valence-electron chi connectivity index (χ4n) is 10.7. The monoisotopic (exact) mass is 1010 g/mol. The number of anilines is 1. The lowest BCUT2D eigenvalue weighted by Gasteiger charge is -2.35. The summed E-state index contributed by atoms with van der Waals surface area (Å²) in [5.41, 5.74) is 5.67. The summed E-state index contributed by atoms with van der Waals surface area (Å²) in [5.74, 6) is -1.05. The smallest absolute Gasteiger partial charge is 0.355 e. The number of piperazine rings is 1. The molecule has 0 bridgehead atoms. The highest BCUT2D eigenvalue weighted by atomic mass is 35.5. The Morgan fingerprint density at radius 1 is 0.863 bits per heavy atom. The van der Waals surface area contributed by atoms with Crippen molar-refractivity contribution in [3.05, 3.63) is 118 Å². The number of hydrogen-bond acceptors (Lipinski definition) is 10. The van der Waals surface area contributed by atoms with E-state index in [1.165, 1.54) is 17.0 Å². The van der Waals surface area contributed by atoms with E-state index in [0.29, 0.717) is 103 Å². The van der Waals surface area contributed by atoms with Crippen molar-refractivity contribution in [2.45, 2.75) is 78.5 Å². The number of carbonyl (C=O) groups excluding carboxylic acids is 5. The van der Waals surface area contributed by atoms with E-state index in [4.69, 9.17) is 30.9 Å². The predicted molar refractivity (Wildman–Crippen MR) is 277 cm³/mol. The molecule has 73 heavy (non-hydrogen) atoms.